The van der Waals surface area contributed by atoms with E-state index in [1.165, 1.54) is 0 Å². The number of carbonyl (C=O) groups excluding carboxylic acids is 3. The molecule has 0 aliphatic rings. The largest absolute Gasteiger partial charge is 0.444 e. The Kier molecular flexibility index (Phi) is 7.50. The maximum Gasteiger partial charge on any atom is 0.407 e. The summed E-state index contributed by atoms with van der Waals surface area (Å²) in [6, 6.07) is 0. The molecule has 3 amide bonds. The molecule has 0 heterocycles. The third kappa shape index (κ3) is 9.83. The van der Waals surface area contributed by atoms with Crippen molar-refractivity contribution in [1.29, 1.82) is 0 Å². The minimum atomic E-state index is -0.764. The lowest BCUT2D eigenvalue weighted by molar-refractivity contribution is -0.139. The van der Waals surface area contributed by atoms with Gasteiger partial charge in [0, 0.05) is 26.2 Å². The highest BCUT2D eigenvalue weighted by Crippen LogP contribution is 2.05. The Labute approximate surface area is 112 Å². The molecule has 110 valence electrons. The number of amides is 3. The molecule has 0 rings (SSSR count). The van der Waals surface area contributed by atoms with Crippen LogP contribution in [0.2, 0.25) is 0 Å². The van der Waals surface area contributed by atoms with E-state index in [2.05, 4.69) is 16.0 Å². The molecule has 0 saturated heterocycles. The van der Waals surface area contributed by atoms with Gasteiger partial charge in [-0.2, -0.15) is 0 Å². The summed E-state index contributed by atoms with van der Waals surface area (Å²) in [5, 5.41) is 7.12. The Balaban J connectivity index is 3.72. The molecule has 5 N–H and O–H groups in total. The molecule has 0 aliphatic carbocycles. The van der Waals surface area contributed by atoms with E-state index in [0.29, 0.717) is 0 Å². The first kappa shape index (κ1) is 17.2. The van der Waals surface area contributed by atoms with Crippen LogP contribution < -0.4 is 21.7 Å². The first-order valence-electron chi connectivity index (χ1n) is 5.99. The van der Waals surface area contributed by atoms with Crippen LogP contribution in [-0.2, 0) is 14.3 Å². The summed E-state index contributed by atoms with van der Waals surface area (Å²) in [5.41, 5.74) is 4.60. The average molecular weight is 274 g/mol. The number of carbonyl (C=O) groups is 3. The highest BCUT2D eigenvalue weighted by atomic mass is 16.6. The molecule has 0 unspecified atom stereocenters. The second kappa shape index (κ2) is 8.30. The standard InChI is InChI=1S/C11H22N4O4/c1-11(2,3)19-10(18)15-7-6-14-9(17)8(16)13-5-4-12/h4-7,12H2,1-3H3,(H,13,16)(H,14,17)(H,15,18). The van der Waals surface area contributed by atoms with E-state index < -0.39 is 23.5 Å². The highest BCUT2D eigenvalue weighted by Gasteiger charge is 2.16. The molecule has 0 aromatic rings. The fourth-order valence-electron chi connectivity index (χ4n) is 1.00. The monoisotopic (exact) mass is 274 g/mol. The normalized spacial score (nSPS) is 10.5. The van der Waals surface area contributed by atoms with Crippen molar-refractivity contribution in [2.75, 3.05) is 26.2 Å². The zero-order valence-corrected chi connectivity index (χ0v) is 11.5. The predicted octanol–water partition coefficient (Wildman–Crippen LogP) is -1.30. The third-order valence-corrected chi connectivity index (χ3v) is 1.71. The zero-order chi connectivity index (χ0) is 14.9. The lowest BCUT2D eigenvalue weighted by Crippen LogP contribution is -2.44. The molecular weight excluding hydrogens is 252 g/mol. The maximum atomic E-state index is 11.2. The molecule has 8 nitrogen and oxygen atoms in total. The number of alkyl carbamates (subject to hydrolysis) is 1. The molecule has 0 radical (unpaired) electrons. The van der Waals surface area contributed by atoms with Crippen LogP contribution >= 0.6 is 0 Å². The number of rotatable bonds is 5. The van der Waals surface area contributed by atoms with Crippen LogP contribution in [0.1, 0.15) is 20.8 Å². The van der Waals surface area contributed by atoms with Crippen LogP contribution in [-0.4, -0.2) is 49.7 Å². The summed E-state index contributed by atoms with van der Waals surface area (Å²) < 4.78 is 4.99. The lowest BCUT2D eigenvalue weighted by atomic mass is 10.2. The number of nitrogens with one attached hydrogen (secondary N) is 3. The smallest absolute Gasteiger partial charge is 0.407 e. The van der Waals surface area contributed by atoms with Gasteiger partial charge in [0.05, 0.1) is 0 Å². The van der Waals surface area contributed by atoms with Crippen molar-refractivity contribution < 1.29 is 19.1 Å². The first-order valence-corrected chi connectivity index (χ1v) is 5.99. The van der Waals surface area contributed by atoms with Gasteiger partial charge in [0.25, 0.3) is 0 Å². The van der Waals surface area contributed by atoms with Crippen LogP contribution in [0.5, 0.6) is 0 Å². The van der Waals surface area contributed by atoms with Crippen LogP contribution in [0.4, 0.5) is 4.79 Å². The molecule has 0 aromatic carbocycles. The Morgan fingerprint density at radius 3 is 1.89 bits per heavy atom. The molecule has 19 heavy (non-hydrogen) atoms. The van der Waals surface area contributed by atoms with Gasteiger partial charge in [-0.05, 0) is 20.8 Å². The van der Waals surface area contributed by atoms with E-state index in [4.69, 9.17) is 10.5 Å². The number of hydrogen-bond acceptors (Lipinski definition) is 5. The third-order valence-electron chi connectivity index (χ3n) is 1.71. The number of hydrogen-bond donors (Lipinski definition) is 4. The minimum absolute atomic E-state index is 0.133. The molecule has 8 heteroatoms. The molecular formula is C11H22N4O4. The quantitative estimate of drug-likeness (QED) is 0.367. The van der Waals surface area contributed by atoms with Crippen LogP contribution in [0.15, 0.2) is 0 Å². The molecule has 0 saturated carbocycles. The Morgan fingerprint density at radius 2 is 1.42 bits per heavy atom. The minimum Gasteiger partial charge on any atom is -0.444 e. The van der Waals surface area contributed by atoms with Gasteiger partial charge in [-0.25, -0.2) is 4.79 Å². The van der Waals surface area contributed by atoms with E-state index in [9.17, 15) is 14.4 Å². The second-order valence-corrected chi connectivity index (χ2v) is 4.73. The van der Waals surface area contributed by atoms with Gasteiger partial charge >= 0.3 is 17.9 Å². The molecule has 0 bridgehead atoms. The van der Waals surface area contributed by atoms with Crippen molar-refractivity contribution >= 4 is 17.9 Å². The SMILES string of the molecule is CC(C)(C)OC(=O)NCCNC(=O)C(=O)NCCN. The van der Waals surface area contributed by atoms with Gasteiger partial charge in [0.15, 0.2) is 0 Å². The lowest BCUT2D eigenvalue weighted by Gasteiger charge is -2.19. The van der Waals surface area contributed by atoms with Gasteiger partial charge in [0.1, 0.15) is 5.60 Å². The van der Waals surface area contributed by atoms with Crippen molar-refractivity contribution in [3.05, 3.63) is 0 Å². The van der Waals surface area contributed by atoms with Crippen molar-refractivity contribution in [2.24, 2.45) is 5.73 Å². The van der Waals surface area contributed by atoms with E-state index in [1.807, 2.05) is 0 Å². The summed E-state index contributed by atoms with van der Waals surface area (Å²) in [5.74, 6) is -1.51. The second-order valence-electron chi connectivity index (χ2n) is 4.73. The van der Waals surface area contributed by atoms with Crippen LogP contribution in [0.25, 0.3) is 0 Å². The van der Waals surface area contributed by atoms with Gasteiger partial charge in [-0.15, -0.1) is 0 Å². The summed E-state index contributed by atoms with van der Waals surface area (Å²) in [4.78, 5) is 33.6. The highest BCUT2D eigenvalue weighted by molar-refractivity contribution is 6.35. The topological polar surface area (TPSA) is 123 Å². The summed E-state index contributed by atoms with van der Waals surface area (Å²) in [6.07, 6.45) is -0.575. The Hall–Kier alpha value is -1.83. The number of ether oxygens (including phenoxy) is 1. The summed E-state index contributed by atoms with van der Waals surface area (Å²) in [6.45, 7) is 6.04. The van der Waals surface area contributed by atoms with Crippen molar-refractivity contribution in [1.82, 2.24) is 16.0 Å². The van der Waals surface area contributed by atoms with E-state index in [0.717, 1.165) is 0 Å². The van der Waals surface area contributed by atoms with E-state index in [1.54, 1.807) is 20.8 Å². The fourth-order valence-corrected chi connectivity index (χ4v) is 1.00. The molecule has 0 spiro atoms. The van der Waals surface area contributed by atoms with Crippen molar-refractivity contribution in [3.63, 3.8) is 0 Å². The van der Waals surface area contributed by atoms with Crippen LogP contribution in [0, 0.1) is 0 Å². The maximum absolute atomic E-state index is 11.2. The van der Waals surface area contributed by atoms with Gasteiger partial charge < -0.3 is 26.4 Å². The van der Waals surface area contributed by atoms with Gasteiger partial charge in [-0.1, -0.05) is 0 Å². The molecule has 0 aliphatic heterocycles. The molecule has 0 fully saturated rings. The summed E-state index contributed by atoms with van der Waals surface area (Å²) in [7, 11) is 0. The van der Waals surface area contributed by atoms with Crippen molar-refractivity contribution in [3.8, 4) is 0 Å². The molecule has 0 aromatic heterocycles. The van der Waals surface area contributed by atoms with E-state index >= 15 is 0 Å². The summed E-state index contributed by atoms with van der Waals surface area (Å²) >= 11 is 0. The first-order chi connectivity index (χ1) is 8.76. The fraction of sp³-hybridized carbons (Fsp3) is 0.727. The zero-order valence-electron chi connectivity index (χ0n) is 11.5. The average Bonchev–Trinajstić information content (AvgIpc) is 2.29. The Bertz CT molecular complexity index is 325. The number of nitrogens with two attached hydrogens (primary N) is 1. The molecule has 0 atom stereocenters. The van der Waals surface area contributed by atoms with Crippen LogP contribution in [0.3, 0.4) is 0 Å². The van der Waals surface area contributed by atoms with Gasteiger partial charge in [-0.3, -0.25) is 9.59 Å². The van der Waals surface area contributed by atoms with E-state index in [-0.39, 0.29) is 26.2 Å². The van der Waals surface area contributed by atoms with Crippen molar-refractivity contribution in [2.45, 2.75) is 26.4 Å². The Morgan fingerprint density at radius 1 is 0.947 bits per heavy atom. The predicted molar refractivity (Wildman–Crippen MR) is 69.3 cm³/mol. The van der Waals surface area contributed by atoms with Gasteiger partial charge in [0.2, 0.25) is 0 Å².